The average molecular weight is 287 g/mol. The Kier molecular flexibility index (Phi) is 4.58. The Morgan fingerprint density at radius 3 is 2.62 bits per heavy atom. The molecule has 0 saturated carbocycles. The van der Waals surface area contributed by atoms with E-state index in [-0.39, 0.29) is 5.78 Å². The van der Waals surface area contributed by atoms with E-state index in [4.69, 9.17) is 4.74 Å². The molecule has 0 aliphatic heterocycles. The van der Waals surface area contributed by atoms with Crippen LogP contribution in [0, 0.1) is 5.82 Å². The average Bonchev–Trinajstić information content (AvgIpc) is 2.47. The van der Waals surface area contributed by atoms with Gasteiger partial charge in [-0.05, 0) is 31.2 Å². The number of carbonyl (C=O) groups is 1. The Bertz CT molecular complexity index is 655. The first-order valence-electron chi connectivity index (χ1n) is 6.66. The summed E-state index contributed by atoms with van der Waals surface area (Å²) in [5.74, 6) is 0.224. The molecule has 3 nitrogen and oxygen atoms in total. The van der Waals surface area contributed by atoms with Crippen LogP contribution in [-0.4, -0.2) is 19.9 Å². The lowest BCUT2D eigenvalue weighted by atomic mass is 10.1. The van der Waals surface area contributed by atoms with Crippen LogP contribution in [0.1, 0.15) is 22.8 Å². The number of ether oxygens (including phenoxy) is 1. The first kappa shape index (κ1) is 15.0. The van der Waals surface area contributed by atoms with Gasteiger partial charge < -0.3 is 9.64 Å². The SMILES string of the molecule is COc1ccccc1CN(C)c1ccc(F)cc1C(C)=O. The standard InChI is InChI=1S/C17H18FNO2/c1-12(20)15-10-14(18)8-9-16(15)19(2)11-13-6-4-5-7-17(13)21-3/h4-10H,11H2,1-3H3. The Hall–Kier alpha value is -2.36. The number of carbonyl (C=O) groups excluding carboxylic acids is 1. The van der Waals surface area contributed by atoms with Crippen LogP contribution in [0.25, 0.3) is 0 Å². The number of anilines is 1. The largest absolute Gasteiger partial charge is 0.496 e. The van der Waals surface area contributed by atoms with E-state index >= 15 is 0 Å². The minimum Gasteiger partial charge on any atom is -0.496 e. The van der Waals surface area contributed by atoms with Crippen LogP contribution in [0.5, 0.6) is 5.75 Å². The molecule has 0 amide bonds. The zero-order chi connectivity index (χ0) is 15.4. The third kappa shape index (κ3) is 3.40. The number of Topliss-reactive ketones (excluding diaryl/α,β-unsaturated/α-hetero) is 1. The van der Waals surface area contributed by atoms with Crippen molar-refractivity contribution in [2.24, 2.45) is 0 Å². The van der Waals surface area contributed by atoms with Crippen LogP contribution in [0.2, 0.25) is 0 Å². The number of benzene rings is 2. The highest BCUT2D eigenvalue weighted by Gasteiger charge is 2.14. The van der Waals surface area contributed by atoms with E-state index in [1.165, 1.54) is 19.1 Å². The van der Waals surface area contributed by atoms with E-state index in [9.17, 15) is 9.18 Å². The number of hydrogen-bond acceptors (Lipinski definition) is 3. The van der Waals surface area contributed by atoms with Crippen LogP contribution in [0.3, 0.4) is 0 Å². The minimum atomic E-state index is -0.408. The predicted molar refractivity (Wildman–Crippen MR) is 81.5 cm³/mol. The highest BCUT2D eigenvalue weighted by Crippen LogP contribution is 2.25. The lowest BCUT2D eigenvalue weighted by Gasteiger charge is -2.23. The summed E-state index contributed by atoms with van der Waals surface area (Å²) in [5.41, 5.74) is 2.09. The molecule has 0 bridgehead atoms. The van der Waals surface area contributed by atoms with Crippen molar-refractivity contribution in [3.8, 4) is 5.75 Å². The van der Waals surface area contributed by atoms with Crippen LogP contribution >= 0.6 is 0 Å². The highest BCUT2D eigenvalue weighted by molar-refractivity contribution is 5.99. The summed E-state index contributed by atoms with van der Waals surface area (Å²) < 4.78 is 18.7. The Morgan fingerprint density at radius 1 is 1.24 bits per heavy atom. The third-order valence-corrected chi connectivity index (χ3v) is 3.35. The number of rotatable bonds is 5. The zero-order valence-corrected chi connectivity index (χ0v) is 12.4. The summed E-state index contributed by atoms with van der Waals surface area (Å²) in [7, 11) is 3.49. The van der Waals surface area contributed by atoms with Crippen molar-refractivity contribution in [1.29, 1.82) is 0 Å². The van der Waals surface area contributed by atoms with Crippen molar-refractivity contribution in [2.75, 3.05) is 19.1 Å². The summed E-state index contributed by atoms with van der Waals surface area (Å²) in [6.07, 6.45) is 0. The molecule has 4 heteroatoms. The number of nitrogens with zero attached hydrogens (tertiary/aromatic N) is 1. The van der Waals surface area contributed by atoms with Crippen molar-refractivity contribution >= 4 is 11.5 Å². The molecule has 0 saturated heterocycles. The number of ketones is 1. The highest BCUT2D eigenvalue weighted by atomic mass is 19.1. The Morgan fingerprint density at radius 2 is 1.95 bits per heavy atom. The van der Waals surface area contributed by atoms with E-state index in [1.54, 1.807) is 13.2 Å². The molecule has 2 aromatic carbocycles. The van der Waals surface area contributed by atoms with E-state index < -0.39 is 5.82 Å². The van der Waals surface area contributed by atoms with Gasteiger partial charge in [0.15, 0.2) is 5.78 Å². The fourth-order valence-electron chi connectivity index (χ4n) is 2.30. The number of halogens is 1. The van der Waals surface area contributed by atoms with Gasteiger partial charge in [0.25, 0.3) is 0 Å². The summed E-state index contributed by atoms with van der Waals surface area (Å²) >= 11 is 0. The van der Waals surface area contributed by atoms with Gasteiger partial charge in [0.2, 0.25) is 0 Å². The molecular weight excluding hydrogens is 269 g/mol. The first-order valence-corrected chi connectivity index (χ1v) is 6.66. The van der Waals surface area contributed by atoms with E-state index in [0.29, 0.717) is 17.8 Å². The zero-order valence-electron chi connectivity index (χ0n) is 12.4. The molecule has 0 aliphatic carbocycles. The van der Waals surface area contributed by atoms with Gasteiger partial charge >= 0.3 is 0 Å². The molecule has 0 unspecified atom stereocenters. The van der Waals surface area contributed by atoms with Crippen LogP contribution in [0.4, 0.5) is 10.1 Å². The van der Waals surface area contributed by atoms with Crippen molar-refractivity contribution in [3.05, 3.63) is 59.4 Å². The normalized spacial score (nSPS) is 10.3. The maximum absolute atomic E-state index is 13.3. The van der Waals surface area contributed by atoms with E-state index in [2.05, 4.69) is 0 Å². The Balaban J connectivity index is 2.32. The molecule has 0 N–H and O–H groups in total. The van der Waals surface area contributed by atoms with Gasteiger partial charge in [0.1, 0.15) is 11.6 Å². The maximum atomic E-state index is 13.3. The molecule has 0 aliphatic rings. The molecule has 21 heavy (non-hydrogen) atoms. The van der Waals surface area contributed by atoms with E-state index in [1.807, 2.05) is 36.2 Å². The Labute approximate surface area is 124 Å². The predicted octanol–water partition coefficient (Wildman–Crippen LogP) is 3.67. The number of hydrogen-bond donors (Lipinski definition) is 0. The van der Waals surface area contributed by atoms with Crippen molar-refractivity contribution in [3.63, 3.8) is 0 Å². The molecule has 110 valence electrons. The smallest absolute Gasteiger partial charge is 0.161 e. The van der Waals surface area contributed by atoms with Crippen molar-refractivity contribution in [2.45, 2.75) is 13.5 Å². The molecule has 0 spiro atoms. The van der Waals surface area contributed by atoms with Gasteiger partial charge in [0.05, 0.1) is 7.11 Å². The summed E-state index contributed by atoms with van der Waals surface area (Å²) in [6, 6.07) is 12.0. The van der Waals surface area contributed by atoms with Gasteiger partial charge in [0, 0.05) is 30.4 Å². The van der Waals surface area contributed by atoms with Crippen molar-refractivity contribution < 1.29 is 13.9 Å². The van der Waals surface area contributed by atoms with Crippen molar-refractivity contribution in [1.82, 2.24) is 0 Å². The van der Waals surface area contributed by atoms with E-state index in [0.717, 1.165) is 11.3 Å². The van der Waals surface area contributed by atoms with Gasteiger partial charge in [-0.25, -0.2) is 4.39 Å². The van der Waals surface area contributed by atoms with Crippen LogP contribution < -0.4 is 9.64 Å². The second kappa shape index (κ2) is 6.39. The molecule has 2 rings (SSSR count). The monoisotopic (exact) mass is 287 g/mol. The molecule has 0 atom stereocenters. The topological polar surface area (TPSA) is 29.5 Å². The van der Waals surface area contributed by atoms with Gasteiger partial charge in [-0.3, -0.25) is 4.79 Å². The summed E-state index contributed by atoms with van der Waals surface area (Å²) in [6.45, 7) is 2.01. The van der Waals surface area contributed by atoms with Gasteiger partial charge in [-0.2, -0.15) is 0 Å². The molecule has 0 fully saturated rings. The first-order chi connectivity index (χ1) is 10.0. The number of para-hydroxylation sites is 1. The molecule has 2 aromatic rings. The molecule has 0 aromatic heterocycles. The fraction of sp³-hybridized carbons (Fsp3) is 0.235. The second-order valence-electron chi connectivity index (χ2n) is 4.89. The molecular formula is C17H18FNO2. The summed E-state index contributed by atoms with van der Waals surface area (Å²) in [5, 5.41) is 0. The fourth-order valence-corrected chi connectivity index (χ4v) is 2.30. The third-order valence-electron chi connectivity index (χ3n) is 3.35. The summed E-state index contributed by atoms with van der Waals surface area (Å²) in [4.78, 5) is 13.6. The maximum Gasteiger partial charge on any atom is 0.161 e. The molecule has 0 radical (unpaired) electrons. The minimum absolute atomic E-state index is 0.156. The van der Waals surface area contributed by atoms with Gasteiger partial charge in [-0.15, -0.1) is 0 Å². The van der Waals surface area contributed by atoms with Crippen LogP contribution in [0.15, 0.2) is 42.5 Å². The second-order valence-corrected chi connectivity index (χ2v) is 4.89. The lowest BCUT2D eigenvalue weighted by molar-refractivity contribution is 0.101. The number of methoxy groups -OCH3 is 1. The quantitative estimate of drug-likeness (QED) is 0.786. The van der Waals surface area contributed by atoms with Crippen LogP contribution in [-0.2, 0) is 6.54 Å². The molecule has 0 heterocycles. The van der Waals surface area contributed by atoms with Gasteiger partial charge in [-0.1, -0.05) is 18.2 Å². The lowest BCUT2D eigenvalue weighted by Crippen LogP contribution is -2.19.